The maximum Gasteiger partial charge on any atom is 0.244 e. The van der Waals surface area contributed by atoms with Crippen LogP contribution in [0.2, 0.25) is 5.02 Å². The maximum atomic E-state index is 15.0. The van der Waals surface area contributed by atoms with Gasteiger partial charge < -0.3 is 10.2 Å². The van der Waals surface area contributed by atoms with E-state index in [-0.39, 0.29) is 38.9 Å². The van der Waals surface area contributed by atoms with Crippen molar-refractivity contribution in [1.82, 2.24) is 9.97 Å². The molecule has 32 heavy (non-hydrogen) atoms. The molecule has 1 aliphatic heterocycles. The predicted octanol–water partition coefficient (Wildman–Crippen LogP) is 4.61. The number of aromatic nitrogens is 2. The average Bonchev–Trinajstić information content (AvgIpc) is 2.80. The standard InChI is InChI=1S/C22H16ClF3N4O2/c1-10-5-17-19(21(26)28-10)14-6-12(24)8-27-20(14)11(2)22(32)30(17)9-18(31)29-13-3-4-15(23)16(25)7-13/h3-8,11H,9H2,1-2H3,(H,29,31)/t11-/m1/s1. The molecule has 2 aromatic heterocycles. The van der Waals surface area contributed by atoms with E-state index in [0.29, 0.717) is 0 Å². The molecule has 0 saturated heterocycles. The maximum absolute atomic E-state index is 15.0. The van der Waals surface area contributed by atoms with Gasteiger partial charge in [0.05, 0.1) is 34.1 Å². The van der Waals surface area contributed by atoms with Crippen molar-refractivity contribution in [3.8, 4) is 11.1 Å². The molecule has 1 atom stereocenters. The summed E-state index contributed by atoms with van der Waals surface area (Å²) < 4.78 is 42.6. The normalized spacial score (nSPS) is 15.1. The minimum Gasteiger partial charge on any atom is -0.324 e. The summed E-state index contributed by atoms with van der Waals surface area (Å²) in [6.45, 7) is 2.57. The summed E-state index contributed by atoms with van der Waals surface area (Å²) in [5, 5.41) is 2.38. The van der Waals surface area contributed by atoms with Crippen LogP contribution in [0.4, 0.5) is 24.5 Å². The summed E-state index contributed by atoms with van der Waals surface area (Å²) in [6.07, 6.45) is 0.944. The molecule has 10 heteroatoms. The molecule has 0 saturated carbocycles. The third kappa shape index (κ3) is 3.91. The van der Waals surface area contributed by atoms with Crippen LogP contribution < -0.4 is 10.2 Å². The van der Waals surface area contributed by atoms with Crippen molar-refractivity contribution < 1.29 is 22.8 Å². The van der Waals surface area contributed by atoms with E-state index < -0.39 is 41.9 Å². The van der Waals surface area contributed by atoms with Gasteiger partial charge in [0, 0.05) is 16.9 Å². The van der Waals surface area contributed by atoms with E-state index >= 15 is 0 Å². The Morgan fingerprint density at radius 1 is 1.22 bits per heavy atom. The van der Waals surface area contributed by atoms with Crippen LogP contribution >= 0.6 is 11.6 Å². The number of carbonyl (C=O) groups excluding carboxylic acids is 2. The number of hydrogen-bond acceptors (Lipinski definition) is 4. The van der Waals surface area contributed by atoms with E-state index in [1.54, 1.807) is 0 Å². The van der Waals surface area contributed by atoms with Crippen molar-refractivity contribution in [2.45, 2.75) is 19.8 Å². The van der Waals surface area contributed by atoms with Crippen molar-refractivity contribution in [3.05, 3.63) is 70.5 Å². The number of fused-ring (bicyclic) bond motifs is 3. The molecule has 2 amide bonds. The van der Waals surface area contributed by atoms with Crippen LogP contribution in [0.1, 0.15) is 24.2 Å². The summed E-state index contributed by atoms with van der Waals surface area (Å²) in [7, 11) is 0. The van der Waals surface area contributed by atoms with Gasteiger partial charge in [0.2, 0.25) is 17.8 Å². The third-order valence-corrected chi connectivity index (χ3v) is 5.39. The highest BCUT2D eigenvalue weighted by atomic mass is 35.5. The Bertz CT molecular complexity index is 1270. The smallest absolute Gasteiger partial charge is 0.244 e. The summed E-state index contributed by atoms with van der Waals surface area (Å²) in [5.74, 6) is -4.42. The first-order valence-electron chi connectivity index (χ1n) is 9.55. The first-order chi connectivity index (χ1) is 15.2. The predicted molar refractivity (Wildman–Crippen MR) is 113 cm³/mol. The van der Waals surface area contributed by atoms with Crippen LogP contribution in [0.15, 0.2) is 36.5 Å². The molecule has 0 bridgehead atoms. The van der Waals surface area contributed by atoms with Gasteiger partial charge in [-0.25, -0.2) is 13.8 Å². The molecule has 0 unspecified atom stereocenters. The lowest BCUT2D eigenvalue weighted by atomic mass is 9.98. The second kappa shape index (κ2) is 8.23. The lowest BCUT2D eigenvalue weighted by Crippen LogP contribution is -2.40. The number of nitrogens with one attached hydrogen (secondary N) is 1. The van der Waals surface area contributed by atoms with Gasteiger partial charge in [-0.2, -0.15) is 4.39 Å². The van der Waals surface area contributed by atoms with E-state index in [0.717, 1.165) is 23.2 Å². The molecule has 3 aromatic rings. The molecule has 0 radical (unpaired) electrons. The SMILES string of the molecule is Cc1cc2c(c(F)n1)-c1cc(F)cnc1[C@@H](C)C(=O)N2CC(=O)Nc1ccc(Cl)c(F)c1. The molecule has 4 rings (SSSR count). The fourth-order valence-corrected chi connectivity index (χ4v) is 3.74. The minimum absolute atomic E-state index is 0.0652. The van der Waals surface area contributed by atoms with E-state index in [9.17, 15) is 22.8 Å². The molecule has 164 valence electrons. The topological polar surface area (TPSA) is 75.2 Å². The first kappa shape index (κ1) is 21.8. The Labute approximate surface area is 186 Å². The number of benzene rings is 1. The van der Waals surface area contributed by atoms with Crippen molar-refractivity contribution in [2.24, 2.45) is 0 Å². The van der Waals surface area contributed by atoms with Gasteiger partial charge in [-0.1, -0.05) is 11.6 Å². The molecule has 3 heterocycles. The highest BCUT2D eigenvalue weighted by Crippen LogP contribution is 2.41. The van der Waals surface area contributed by atoms with Gasteiger partial charge in [-0.15, -0.1) is 0 Å². The van der Waals surface area contributed by atoms with E-state index in [4.69, 9.17) is 11.6 Å². The largest absolute Gasteiger partial charge is 0.324 e. The third-order valence-electron chi connectivity index (χ3n) is 5.08. The number of halogens is 4. The Morgan fingerprint density at radius 3 is 2.69 bits per heavy atom. The molecule has 0 spiro atoms. The van der Waals surface area contributed by atoms with Gasteiger partial charge >= 0.3 is 0 Å². The number of pyridine rings is 2. The summed E-state index contributed by atoms with van der Waals surface area (Å²) in [6, 6.07) is 6.25. The second-order valence-corrected chi connectivity index (χ2v) is 7.77. The number of anilines is 2. The molecule has 0 fully saturated rings. The zero-order chi connectivity index (χ0) is 23.2. The monoisotopic (exact) mass is 460 g/mol. The summed E-state index contributed by atoms with van der Waals surface area (Å²) in [4.78, 5) is 34.9. The second-order valence-electron chi connectivity index (χ2n) is 7.36. The van der Waals surface area contributed by atoms with E-state index in [1.807, 2.05) is 0 Å². The van der Waals surface area contributed by atoms with Crippen molar-refractivity contribution >= 4 is 34.8 Å². The highest BCUT2D eigenvalue weighted by molar-refractivity contribution is 6.30. The van der Waals surface area contributed by atoms with Crippen LogP contribution in [0, 0.1) is 24.5 Å². The molecule has 1 aliphatic rings. The fourth-order valence-electron chi connectivity index (χ4n) is 3.63. The summed E-state index contributed by atoms with van der Waals surface area (Å²) in [5.41, 5.74) is 0.603. The van der Waals surface area contributed by atoms with Crippen molar-refractivity contribution in [1.29, 1.82) is 0 Å². The van der Waals surface area contributed by atoms with Crippen molar-refractivity contribution in [2.75, 3.05) is 16.8 Å². The molecule has 6 nitrogen and oxygen atoms in total. The average molecular weight is 461 g/mol. The van der Waals surface area contributed by atoms with Gasteiger partial charge in [0.25, 0.3) is 0 Å². The Kier molecular flexibility index (Phi) is 5.60. The van der Waals surface area contributed by atoms with Crippen LogP contribution in [0.5, 0.6) is 0 Å². The molecule has 1 N–H and O–H groups in total. The van der Waals surface area contributed by atoms with E-state index in [1.165, 1.54) is 32.0 Å². The van der Waals surface area contributed by atoms with Crippen LogP contribution in [0.3, 0.4) is 0 Å². The van der Waals surface area contributed by atoms with Crippen LogP contribution in [0.25, 0.3) is 11.1 Å². The number of amides is 2. The molecule has 0 aliphatic carbocycles. The Hall–Kier alpha value is -3.46. The van der Waals surface area contributed by atoms with Gasteiger partial charge in [-0.05, 0) is 44.2 Å². The van der Waals surface area contributed by atoms with Gasteiger partial charge in [0.15, 0.2) is 0 Å². The number of rotatable bonds is 3. The zero-order valence-electron chi connectivity index (χ0n) is 16.9. The zero-order valence-corrected chi connectivity index (χ0v) is 17.7. The molecular formula is C22H16ClF3N4O2. The number of aryl methyl sites for hydroxylation is 1. The Morgan fingerprint density at radius 2 is 1.97 bits per heavy atom. The number of carbonyl (C=O) groups is 2. The van der Waals surface area contributed by atoms with Crippen molar-refractivity contribution in [3.63, 3.8) is 0 Å². The van der Waals surface area contributed by atoms with Crippen LogP contribution in [-0.2, 0) is 9.59 Å². The molecule has 1 aromatic carbocycles. The lowest BCUT2D eigenvalue weighted by molar-refractivity contribution is -0.122. The lowest BCUT2D eigenvalue weighted by Gasteiger charge is -2.24. The fraction of sp³-hybridized carbons (Fsp3) is 0.182. The quantitative estimate of drug-likeness (QED) is 0.579. The Balaban J connectivity index is 1.77. The number of hydrogen-bond donors (Lipinski definition) is 1. The van der Waals surface area contributed by atoms with Crippen LogP contribution in [-0.4, -0.2) is 28.3 Å². The van der Waals surface area contributed by atoms with E-state index in [2.05, 4.69) is 15.3 Å². The number of nitrogens with zero attached hydrogens (tertiary/aromatic N) is 3. The molecular weight excluding hydrogens is 445 g/mol. The minimum atomic E-state index is -0.916. The van der Waals surface area contributed by atoms with Gasteiger partial charge in [-0.3, -0.25) is 14.6 Å². The van der Waals surface area contributed by atoms with Gasteiger partial charge in [0.1, 0.15) is 18.2 Å². The summed E-state index contributed by atoms with van der Waals surface area (Å²) >= 11 is 5.65. The highest BCUT2D eigenvalue weighted by Gasteiger charge is 2.36. The first-order valence-corrected chi connectivity index (χ1v) is 9.92.